The third-order valence-electron chi connectivity index (χ3n) is 5.36. The lowest BCUT2D eigenvalue weighted by atomic mass is 9.54. The van der Waals surface area contributed by atoms with Gasteiger partial charge in [-0.2, -0.15) is 11.8 Å². The van der Waals surface area contributed by atoms with Crippen LogP contribution in [0.15, 0.2) is 0 Å². The molecule has 21 heavy (non-hydrogen) atoms. The fourth-order valence-electron chi connectivity index (χ4n) is 3.59. The zero-order chi connectivity index (χ0) is 15.7. The molecule has 3 N–H and O–H groups in total. The molecule has 0 aromatic rings. The number of carbonyl (C=O) groups excluding carboxylic acids is 1. The number of thioether (sulfide) groups is 1. The maximum atomic E-state index is 12.6. The van der Waals surface area contributed by atoms with Gasteiger partial charge < -0.3 is 15.8 Å². The Kier molecular flexibility index (Phi) is 5.27. The second-order valence-electron chi connectivity index (χ2n) is 6.90. The zero-order valence-corrected chi connectivity index (χ0v) is 14.6. The molecule has 0 radical (unpaired) electrons. The van der Waals surface area contributed by atoms with Gasteiger partial charge in [0.25, 0.3) is 0 Å². The Morgan fingerprint density at radius 1 is 1.38 bits per heavy atom. The standard InChI is InChI=1S/C16H30N2O2S/c1-5-20-13-10-16(17,15(13,3)4)14(19)18-11-7-8-12(9-11)21-6-2/h11-13H,5-10,17H2,1-4H3,(H,18,19). The summed E-state index contributed by atoms with van der Waals surface area (Å²) in [5.74, 6) is 1.16. The highest BCUT2D eigenvalue weighted by molar-refractivity contribution is 7.99. The van der Waals surface area contributed by atoms with Crippen molar-refractivity contribution in [1.29, 1.82) is 0 Å². The fourth-order valence-corrected chi connectivity index (χ4v) is 4.74. The molecule has 4 unspecified atom stereocenters. The molecule has 2 rings (SSSR count). The topological polar surface area (TPSA) is 64.3 Å². The molecule has 122 valence electrons. The van der Waals surface area contributed by atoms with Gasteiger partial charge in [0.05, 0.1) is 6.10 Å². The normalized spacial score (nSPS) is 38.0. The van der Waals surface area contributed by atoms with Gasteiger partial charge in [-0.05, 0) is 31.9 Å². The van der Waals surface area contributed by atoms with E-state index >= 15 is 0 Å². The van der Waals surface area contributed by atoms with Crippen molar-refractivity contribution in [3.05, 3.63) is 0 Å². The van der Waals surface area contributed by atoms with Gasteiger partial charge in [-0.15, -0.1) is 0 Å². The smallest absolute Gasteiger partial charge is 0.241 e. The lowest BCUT2D eigenvalue weighted by Crippen LogP contribution is -2.76. The van der Waals surface area contributed by atoms with E-state index in [-0.39, 0.29) is 17.4 Å². The molecule has 4 atom stereocenters. The van der Waals surface area contributed by atoms with Crippen LogP contribution in [0.2, 0.25) is 0 Å². The molecule has 2 saturated carbocycles. The van der Waals surface area contributed by atoms with E-state index in [2.05, 4.69) is 12.2 Å². The number of rotatable bonds is 6. The van der Waals surface area contributed by atoms with Gasteiger partial charge in [-0.25, -0.2) is 0 Å². The molecule has 0 saturated heterocycles. The summed E-state index contributed by atoms with van der Waals surface area (Å²) in [5, 5.41) is 3.89. The van der Waals surface area contributed by atoms with Crippen molar-refractivity contribution in [1.82, 2.24) is 5.32 Å². The van der Waals surface area contributed by atoms with Crippen LogP contribution >= 0.6 is 11.8 Å². The van der Waals surface area contributed by atoms with Crippen LogP contribution in [0.3, 0.4) is 0 Å². The van der Waals surface area contributed by atoms with Crippen molar-refractivity contribution in [2.24, 2.45) is 11.1 Å². The molecule has 2 fully saturated rings. The molecule has 0 aliphatic heterocycles. The maximum absolute atomic E-state index is 12.6. The van der Waals surface area contributed by atoms with E-state index in [1.807, 2.05) is 32.5 Å². The number of nitrogens with two attached hydrogens (primary N) is 1. The van der Waals surface area contributed by atoms with Gasteiger partial charge in [0.15, 0.2) is 0 Å². The summed E-state index contributed by atoms with van der Waals surface area (Å²) in [4.78, 5) is 12.6. The quantitative estimate of drug-likeness (QED) is 0.789. The maximum Gasteiger partial charge on any atom is 0.241 e. The monoisotopic (exact) mass is 314 g/mol. The number of hydrogen-bond donors (Lipinski definition) is 2. The molecule has 0 spiro atoms. The number of nitrogens with one attached hydrogen (secondary N) is 1. The Bertz CT molecular complexity index is 388. The van der Waals surface area contributed by atoms with Gasteiger partial charge in [-0.3, -0.25) is 4.79 Å². The Balaban J connectivity index is 1.89. The number of ether oxygens (including phenoxy) is 1. The summed E-state index contributed by atoms with van der Waals surface area (Å²) >= 11 is 2.00. The molecular formula is C16H30N2O2S. The van der Waals surface area contributed by atoms with Gasteiger partial charge in [0, 0.05) is 29.7 Å². The van der Waals surface area contributed by atoms with Crippen molar-refractivity contribution < 1.29 is 9.53 Å². The minimum Gasteiger partial charge on any atom is -0.378 e. The summed E-state index contributed by atoms with van der Waals surface area (Å²) in [5.41, 5.74) is 5.33. The van der Waals surface area contributed by atoms with Crippen molar-refractivity contribution in [2.75, 3.05) is 12.4 Å². The van der Waals surface area contributed by atoms with E-state index in [9.17, 15) is 4.79 Å². The molecule has 0 aromatic heterocycles. The van der Waals surface area contributed by atoms with Crippen LogP contribution < -0.4 is 11.1 Å². The first-order chi connectivity index (χ1) is 9.85. The van der Waals surface area contributed by atoms with E-state index < -0.39 is 5.54 Å². The summed E-state index contributed by atoms with van der Waals surface area (Å²) in [6.45, 7) is 8.93. The summed E-state index contributed by atoms with van der Waals surface area (Å²) in [6, 6.07) is 0.295. The molecule has 4 nitrogen and oxygen atoms in total. The van der Waals surface area contributed by atoms with E-state index in [0.29, 0.717) is 24.3 Å². The third kappa shape index (κ3) is 3.10. The highest BCUT2D eigenvalue weighted by atomic mass is 32.2. The van der Waals surface area contributed by atoms with Crippen LogP contribution in [0.5, 0.6) is 0 Å². The largest absolute Gasteiger partial charge is 0.378 e. The Morgan fingerprint density at radius 2 is 2.10 bits per heavy atom. The molecule has 0 heterocycles. The molecule has 1 amide bonds. The fraction of sp³-hybridized carbons (Fsp3) is 0.938. The van der Waals surface area contributed by atoms with Crippen molar-refractivity contribution in [3.63, 3.8) is 0 Å². The first kappa shape index (κ1) is 17.1. The van der Waals surface area contributed by atoms with Gasteiger partial charge in [-0.1, -0.05) is 20.8 Å². The minimum absolute atomic E-state index is 0.00982. The van der Waals surface area contributed by atoms with Crippen LogP contribution in [0.4, 0.5) is 0 Å². The highest BCUT2D eigenvalue weighted by Crippen LogP contribution is 2.50. The average Bonchev–Trinajstić information content (AvgIpc) is 2.86. The van der Waals surface area contributed by atoms with Gasteiger partial charge >= 0.3 is 0 Å². The zero-order valence-electron chi connectivity index (χ0n) is 13.8. The lowest BCUT2D eigenvalue weighted by Gasteiger charge is -2.57. The Morgan fingerprint density at radius 3 is 2.67 bits per heavy atom. The minimum atomic E-state index is -0.789. The van der Waals surface area contributed by atoms with Crippen LogP contribution in [-0.4, -0.2) is 41.2 Å². The van der Waals surface area contributed by atoms with Crippen molar-refractivity contribution in [2.45, 2.75) is 76.3 Å². The van der Waals surface area contributed by atoms with Crippen molar-refractivity contribution in [3.8, 4) is 0 Å². The highest BCUT2D eigenvalue weighted by Gasteiger charge is 2.63. The second kappa shape index (κ2) is 6.47. The summed E-state index contributed by atoms with van der Waals surface area (Å²) < 4.78 is 5.69. The first-order valence-electron chi connectivity index (χ1n) is 8.18. The van der Waals surface area contributed by atoms with Crippen molar-refractivity contribution >= 4 is 17.7 Å². The van der Waals surface area contributed by atoms with E-state index in [1.54, 1.807) is 0 Å². The predicted octanol–water partition coefficient (Wildman–Crippen LogP) is 2.31. The predicted molar refractivity (Wildman–Crippen MR) is 88.4 cm³/mol. The van der Waals surface area contributed by atoms with Crippen LogP contribution in [0, 0.1) is 5.41 Å². The van der Waals surface area contributed by atoms with E-state index in [4.69, 9.17) is 10.5 Å². The molecular weight excluding hydrogens is 284 g/mol. The molecule has 0 bridgehead atoms. The molecule has 2 aliphatic rings. The van der Waals surface area contributed by atoms with Crippen LogP contribution in [0.1, 0.15) is 53.4 Å². The third-order valence-corrected chi connectivity index (χ3v) is 6.59. The van der Waals surface area contributed by atoms with E-state index in [0.717, 1.165) is 18.6 Å². The number of amides is 1. The summed E-state index contributed by atoms with van der Waals surface area (Å²) in [7, 11) is 0. The van der Waals surface area contributed by atoms with Gasteiger partial charge in [0.1, 0.15) is 5.54 Å². The summed E-state index contributed by atoms with van der Waals surface area (Å²) in [6.07, 6.45) is 4.07. The SMILES string of the molecule is CCOC1CC(N)(C(=O)NC2CCC(SCC)C2)C1(C)C. The number of hydrogen-bond acceptors (Lipinski definition) is 4. The molecule has 0 aromatic carbocycles. The Labute approximate surface area is 132 Å². The Hall–Kier alpha value is -0.260. The van der Waals surface area contributed by atoms with Gasteiger partial charge in [0.2, 0.25) is 5.91 Å². The first-order valence-corrected chi connectivity index (χ1v) is 9.23. The molecule has 5 heteroatoms. The molecule has 2 aliphatic carbocycles. The van der Waals surface area contributed by atoms with Crippen LogP contribution in [0.25, 0.3) is 0 Å². The number of carbonyl (C=O) groups is 1. The lowest BCUT2D eigenvalue weighted by molar-refractivity contribution is -0.171. The second-order valence-corrected chi connectivity index (χ2v) is 8.48. The van der Waals surface area contributed by atoms with Crippen LogP contribution in [-0.2, 0) is 9.53 Å². The van der Waals surface area contributed by atoms with E-state index in [1.165, 1.54) is 6.42 Å². The average molecular weight is 314 g/mol.